The standard InChI is InChI=1S/C12H17N5O2/c1-2-16-7-12(19)17(8-11(16)18)6-9-3-4-14-10(5-9)15-13/h3-5H,2,6-8,13H2,1H3,(H,14,15). The number of rotatable bonds is 4. The molecule has 0 atom stereocenters. The molecule has 1 aliphatic rings. The monoisotopic (exact) mass is 263 g/mol. The highest BCUT2D eigenvalue weighted by Crippen LogP contribution is 2.12. The zero-order valence-corrected chi connectivity index (χ0v) is 10.8. The molecule has 1 aromatic rings. The Morgan fingerprint density at radius 1 is 1.32 bits per heavy atom. The van der Waals surface area contributed by atoms with E-state index < -0.39 is 0 Å². The average Bonchev–Trinajstić information content (AvgIpc) is 2.42. The zero-order valence-electron chi connectivity index (χ0n) is 10.8. The summed E-state index contributed by atoms with van der Waals surface area (Å²) < 4.78 is 0. The molecule has 2 rings (SSSR count). The Labute approximate surface area is 111 Å². The van der Waals surface area contributed by atoms with Gasteiger partial charge in [-0.1, -0.05) is 0 Å². The largest absolute Gasteiger partial charge is 0.332 e. The third kappa shape index (κ3) is 3.00. The molecule has 0 saturated carbocycles. The third-order valence-electron chi connectivity index (χ3n) is 3.09. The van der Waals surface area contributed by atoms with E-state index in [0.29, 0.717) is 18.9 Å². The maximum absolute atomic E-state index is 11.9. The Hall–Kier alpha value is -2.15. The Kier molecular flexibility index (Phi) is 3.96. The number of carbonyl (C=O) groups is 2. The van der Waals surface area contributed by atoms with Crippen LogP contribution < -0.4 is 11.3 Å². The number of carbonyl (C=O) groups excluding carboxylic acids is 2. The quantitative estimate of drug-likeness (QED) is 0.567. The van der Waals surface area contributed by atoms with Gasteiger partial charge >= 0.3 is 0 Å². The fraction of sp³-hybridized carbons (Fsp3) is 0.417. The first-order chi connectivity index (χ1) is 9.13. The normalized spacial score (nSPS) is 15.9. The summed E-state index contributed by atoms with van der Waals surface area (Å²) in [6.45, 7) is 3.10. The van der Waals surface area contributed by atoms with Crippen LogP contribution in [-0.4, -0.2) is 46.2 Å². The number of pyridine rings is 1. The maximum atomic E-state index is 11.9. The van der Waals surface area contributed by atoms with Gasteiger partial charge in [0, 0.05) is 19.3 Å². The lowest BCUT2D eigenvalue weighted by atomic mass is 10.2. The number of piperazine rings is 1. The van der Waals surface area contributed by atoms with Gasteiger partial charge in [0.15, 0.2) is 0 Å². The number of hydrazine groups is 1. The van der Waals surface area contributed by atoms with Crippen LogP contribution in [0.15, 0.2) is 18.3 Å². The van der Waals surface area contributed by atoms with Gasteiger partial charge in [0.05, 0.1) is 6.54 Å². The Balaban J connectivity index is 2.06. The lowest BCUT2D eigenvalue weighted by Crippen LogP contribution is -2.53. The molecule has 2 amide bonds. The summed E-state index contributed by atoms with van der Waals surface area (Å²) in [6.07, 6.45) is 1.61. The number of aromatic nitrogens is 1. The number of nitrogens with one attached hydrogen (secondary N) is 1. The SMILES string of the molecule is CCN1CC(=O)N(Cc2ccnc(NN)c2)CC1=O. The number of amides is 2. The number of nitrogen functional groups attached to an aromatic ring is 1. The second-order valence-electron chi connectivity index (χ2n) is 4.35. The lowest BCUT2D eigenvalue weighted by molar-refractivity contribution is -0.150. The van der Waals surface area contributed by atoms with Gasteiger partial charge in [-0.3, -0.25) is 9.59 Å². The summed E-state index contributed by atoms with van der Waals surface area (Å²) in [6, 6.07) is 3.55. The van der Waals surface area contributed by atoms with E-state index in [9.17, 15) is 9.59 Å². The molecular formula is C12H17N5O2. The average molecular weight is 263 g/mol. The van der Waals surface area contributed by atoms with E-state index in [1.807, 2.05) is 6.92 Å². The van der Waals surface area contributed by atoms with Gasteiger partial charge in [-0.25, -0.2) is 10.8 Å². The smallest absolute Gasteiger partial charge is 0.242 e. The van der Waals surface area contributed by atoms with Crippen molar-refractivity contribution in [1.82, 2.24) is 14.8 Å². The summed E-state index contributed by atoms with van der Waals surface area (Å²) in [4.78, 5) is 30.8. The van der Waals surface area contributed by atoms with Crippen molar-refractivity contribution in [2.45, 2.75) is 13.5 Å². The van der Waals surface area contributed by atoms with E-state index in [2.05, 4.69) is 10.4 Å². The van der Waals surface area contributed by atoms with Crippen LogP contribution in [-0.2, 0) is 16.1 Å². The fourth-order valence-corrected chi connectivity index (χ4v) is 2.01. The van der Waals surface area contributed by atoms with Crippen molar-refractivity contribution in [1.29, 1.82) is 0 Å². The number of likely N-dealkylation sites (N-methyl/N-ethyl adjacent to an activating group) is 1. The minimum Gasteiger partial charge on any atom is -0.332 e. The predicted octanol–water partition coefficient (Wildman–Crippen LogP) is -0.442. The van der Waals surface area contributed by atoms with Crippen molar-refractivity contribution in [3.63, 3.8) is 0 Å². The fourth-order valence-electron chi connectivity index (χ4n) is 2.01. The Morgan fingerprint density at radius 2 is 2.00 bits per heavy atom. The molecule has 7 heteroatoms. The topological polar surface area (TPSA) is 91.6 Å². The van der Waals surface area contributed by atoms with Crippen LogP contribution in [0.1, 0.15) is 12.5 Å². The molecular weight excluding hydrogens is 246 g/mol. The van der Waals surface area contributed by atoms with Crippen molar-refractivity contribution in [2.24, 2.45) is 5.84 Å². The van der Waals surface area contributed by atoms with Gasteiger partial charge in [0.1, 0.15) is 12.4 Å². The first-order valence-corrected chi connectivity index (χ1v) is 6.11. The van der Waals surface area contributed by atoms with Gasteiger partial charge in [0.2, 0.25) is 11.8 Å². The number of anilines is 1. The summed E-state index contributed by atoms with van der Waals surface area (Å²) >= 11 is 0. The van der Waals surface area contributed by atoms with Gasteiger partial charge in [0.25, 0.3) is 0 Å². The first-order valence-electron chi connectivity index (χ1n) is 6.11. The van der Waals surface area contributed by atoms with Crippen LogP contribution in [0.25, 0.3) is 0 Å². The Morgan fingerprint density at radius 3 is 2.68 bits per heavy atom. The van der Waals surface area contributed by atoms with Gasteiger partial charge in [-0.2, -0.15) is 0 Å². The number of hydrogen-bond acceptors (Lipinski definition) is 5. The summed E-state index contributed by atoms with van der Waals surface area (Å²) in [5.41, 5.74) is 3.33. The summed E-state index contributed by atoms with van der Waals surface area (Å²) in [7, 11) is 0. The van der Waals surface area contributed by atoms with Gasteiger partial charge in [-0.05, 0) is 24.6 Å². The molecule has 1 aliphatic heterocycles. The molecule has 0 unspecified atom stereocenters. The minimum absolute atomic E-state index is 0.0201. The molecule has 19 heavy (non-hydrogen) atoms. The van der Waals surface area contributed by atoms with Crippen molar-refractivity contribution in [2.75, 3.05) is 25.1 Å². The second kappa shape index (κ2) is 5.66. The molecule has 1 saturated heterocycles. The van der Waals surface area contributed by atoms with Crippen molar-refractivity contribution < 1.29 is 9.59 Å². The van der Waals surface area contributed by atoms with E-state index >= 15 is 0 Å². The van der Waals surface area contributed by atoms with E-state index in [4.69, 9.17) is 5.84 Å². The molecule has 1 aromatic heterocycles. The highest BCUT2D eigenvalue weighted by Gasteiger charge is 2.28. The van der Waals surface area contributed by atoms with E-state index in [1.165, 1.54) is 0 Å². The molecule has 7 nitrogen and oxygen atoms in total. The summed E-state index contributed by atoms with van der Waals surface area (Å²) in [5, 5.41) is 0. The number of nitrogens with zero attached hydrogens (tertiary/aromatic N) is 3. The molecule has 0 radical (unpaired) electrons. The molecule has 3 N–H and O–H groups in total. The van der Waals surface area contributed by atoms with Crippen molar-refractivity contribution >= 4 is 17.6 Å². The third-order valence-corrected chi connectivity index (χ3v) is 3.09. The van der Waals surface area contributed by atoms with Crippen LogP contribution in [0, 0.1) is 0 Å². The maximum Gasteiger partial charge on any atom is 0.242 e. The Bertz CT molecular complexity index is 491. The predicted molar refractivity (Wildman–Crippen MR) is 69.7 cm³/mol. The molecule has 102 valence electrons. The van der Waals surface area contributed by atoms with Crippen LogP contribution in [0.2, 0.25) is 0 Å². The minimum atomic E-state index is -0.0412. The summed E-state index contributed by atoms with van der Waals surface area (Å²) in [5.74, 6) is 5.75. The van der Waals surface area contributed by atoms with Crippen molar-refractivity contribution in [3.8, 4) is 0 Å². The van der Waals surface area contributed by atoms with Gasteiger partial charge in [-0.15, -0.1) is 0 Å². The van der Waals surface area contributed by atoms with E-state index in [1.54, 1.807) is 28.1 Å². The zero-order chi connectivity index (χ0) is 13.8. The molecule has 0 aromatic carbocycles. The van der Waals surface area contributed by atoms with E-state index in [0.717, 1.165) is 5.56 Å². The molecule has 2 heterocycles. The van der Waals surface area contributed by atoms with Crippen LogP contribution in [0.5, 0.6) is 0 Å². The molecule has 0 aliphatic carbocycles. The highest BCUT2D eigenvalue weighted by atomic mass is 16.2. The lowest BCUT2D eigenvalue weighted by Gasteiger charge is -2.33. The second-order valence-corrected chi connectivity index (χ2v) is 4.35. The van der Waals surface area contributed by atoms with Crippen LogP contribution >= 0.6 is 0 Å². The highest BCUT2D eigenvalue weighted by molar-refractivity contribution is 5.92. The molecule has 0 spiro atoms. The van der Waals surface area contributed by atoms with Gasteiger partial charge < -0.3 is 15.2 Å². The molecule has 1 fully saturated rings. The van der Waals surface area contributed by atoms with E-state index in [-0.39, 0.29) is 24.9 Å². The van der Waals surface area contributed by atoms with Crippen molar-refractivity contribution in [3.05, 3.63) is 23.9 Å². The van der Waals surface area contributed by atoms with Crippen LogP contribution in [0.3, 0.4) is 0 Å². The first kappa shape index (κ1) is 13.3. The molecule has 0 bridgehead atoms. The number of hydrogen-bond donors (Lipinski definition) is 2. The number of nitrogens with two attached hydrogens (primary N) is 1. The van der Waals surface area contributed by atoms with Crippen LogP contribution in [0.4, 0.5) is 5.82 Å².